The van der Waals surface area contributed by atoms with Gasteiger partial charge < -0.3 is 5.11 Å². The molecular formula is C6H5NO4S. The number of hydrogen-bond acceptors (Lipinski definition) is 4. The number of aliphatic carboxylic acids is 1. The number of nitrogens with zero attached hydrogens (tertiary/aromatic N) is 1. The third-order valence-electron chi connectivity index (χ3n) is 1.89. The van der Waals surface area contributed by atoms with Crippen LogP contribution in [-0.4, -0.2) is 38.4 Å². The molecule has 64 valence electrons. The molecule has 2 atom stereocenters. The van der Waals surface area contributed by atoms with Gasteiger partial charge in [-0.1, -0.05) is 0 Å². The van der Waals surface area contributed by atoms with Crippen molar-refractivity contribution in [2.75, 3.05) is 0 Å². The molecule has 6 heteroatoms. The Morgan fingerprint density at radius 2 is 2.25 bits per heavy atom. The number of fused-ring (bicyclic) bond motifs is 1. The summed E-state index contributed by atoms with van der Waals surface area (Å²) in [7, 11) is 0. The minimum Gasteiger partial charge on any atom is -0.480 e. The summed E-state index contributed by atoms with van der Waals surface area (Å²) in [5, 5.41) is 7.27. The lowest BCUT2D eigenvalue weighted by molar-refractivity contribution is -0.153. The largest absolute Gasteiger partial charge is 0.480 e. The lowest BCUT2D eigenvalue weighted by atomic mass is 10.2. The molecule has 12 heavy (non-hydrogen) atoms. The smallest absolute Gasteiger partial charge is 0.326 e. The Morgan fingerprint density at radius 3 is 2.67 bits per heavy atom. The first-order valence-electron chi connectivity index (χ1n) is 3.35. The Labute approximate surface area is 71.7 Å². The van der Waals surface area contributed by atoms with E-state index in [9.17, 15) is 14.4 Å². The Morgan fingerprint density at radius 1 is 1.58 bits per heavy atom. The van der Waals surface area contributed by atoms with Crippen molar-refractivity contribution in [2.45, 2.75) is 17.0 Å². The van der Waals surface area contributed by atoms with E-state index in [1.807, 2.05) is 0 Å². The number of β-lactam (4-membered cyclic amide) rings is 1. The van der Waals surface area contributed by atoms with Gasteiger partial charge in [0.2, 0.25) is 5.91 Å². The molecule has 1 unspecified atom stereocenters. The van der Waals surface area contributed by atoms with Crippen LogP contribution in [0.4, 0.5) is 0 Å². The molecule has 2 heterocycles. The van der Waals surface area contributed by atoms with Gasteiger partial charge in [0.1, 0.15) is 0 Å². The van der Waals surface area contributed by atoms with Crippen molar-refractivity contribution in [3.63, 3.8) is 0 Å². The van der Waals surface area contributed by atoms with Crippen LogP contribution >= 0.6 is 11.8 Å². The normalized spacial score (nSPS) is 33.2. The Kier molecular flexibility index (Phi) is 1.41. The number of carboxylic acid groups (broad SMARTS) is 1. The highest BCUT2D eigenvalue weighted by Gasteiger charge is 2.53. The van der Waals surface area contributed by atoms with Crippen LogP contribution in [0.1, 0.15) is 6.42 Å². The summed E-state index contributed by atoms with van der Waals surface area (Å²) < 4.78 is 0. The van der Waals surface area contributed by atoms with Gasteiger partial charge in [0.15, 0.2) is 5.25 Å². The fraction of sp³-hybridized carbons (Fsp3) is 0.500. The molecule has 5 nitrogen and oxygen atoms in total. The average Bonchev–Trinajstić information content (AvgIpc) is 2.20. The third kappa shape index (κ3) is 0.781. The van der Waals surface area contributed by atoms with Crippen molar-refractivity contribution in [3.05, 3.63) is 0 Å². The minimum absolute atomic E-state index is 0.217. The van der Waals surface area contributed by atoms with Crippen molar-refractivity contribution in [3.8, 4) is 0 Å². The van der Waals surface area contributed by atoms with E-state index in [1.54, 1.807) is 0 Å². The van der Waals surface area contributed by atoms with E-state index in [2.05, 4.69) is 0 Å². The fourth-order valence-electron chi connectivity index (χ4n) is 1.27. The second-order valence-corrected chi connectivity index (χ2v) is 3.90. The molecule has 0 saturated carbocycles. The summed E-state index contributed by atoms with van der Waals surface area (Å²) in [4.78, 5) is 33.4. The van der Waals surface area contributed by atoms with E-state index in [4.69, 9.17) is 5.11 Å². The molecule has 2 amide bonds. The first-order valence-corrected chi connectivity index (χ1v) is 4.29. The summed E-state index contributed by atoms with van der Waals surface area (Å²) in [6.45, 7) is 0. The van der Waals surface area contributed by atoms with Crippen LogP contribution in [0.2, 0.25) is 0 Å². The number of carbonyl (C=O) groups is 3. The van der Waals surface area contributed by atoms with Crippen molar-refractivity contribution in [1.29, 1.82) is 0 Å². The molecule has 0 spiro atoms. The Balaban J connectivity index is 2.21. The summed E-state index contributed by atoms with van der Waals surface area (Å²) in [5.41, 5.74) is 0. The van der Waals surface area contributed by atoms with Crippen LogP contribution in [0.25, 0.3) is 0 Å². The van der Waals surface area contributed by atoms with Gasteiger partial charge in [0.05, 0.1) is 11.8 Å². The highest BCUT2D eigenvalue weighted by Crippen LogP contribution is 2.40. The highest BCUT2D eigenvalue weighted by atomic mass is 32.2. The number of carboxylic acids is 1. The molecule has 0 aromatic rings. The highest BCUT2D eigenvalue weighted by molar-refractivity contribution is 8.02. The molecule has 2 aliphatic rings. The molecular weight excluding hydrogens is 182 g/mol. The van der Waals surface area contributed by atoms with Crippen molar-refractivity contribution in [1.82, 2.24) is 4.90 Å². The number of imide groups is 1. The van der Waals surface area contributed by atoms with Crippen LogP contribution in [-0.2, 0) is 14.4 Å². The van der Waals surface area contributed by atoms with E-state index in [1.165, 1.54) is 0 Å². The third-order valence-corrected chi connectivity index (χ3v) is 3.25. The van der Waals surface area contributed by atoms with Gasteiger partial charge in [-0.25, -0.2) is 0 Å². The van der Waals surface area contributed by atoms with Gasteiger partial charge in [0.25, 0.3) is 5.91 Å². The van der Waals surface area contributed by atoms with Gasteiger partial charge in [-0.3, -0.25) is 19.3 Å². The maximum atomic E-state index is 11.1. The molecule has 2 aliphatic heterocycles. The topological polar surface area (TPSA) is 74.7 Å². The van der Waals surface area contributed by atoms with Crippen LogP contribution in [0, 0.1) is 0 Å². The Hall–Kier alpha value is -1.04. The van der Waals surface area contributed by atoms with Gasteiger partial charge >= 0.3 is 5.97 Å². The molecule has 0 radical (unpaired) electrons. The zero-order chi connectivity index (χ0) is 8.88. The van der Waals surface area contributed by atoms with E-state index in [-0.39, 0.29) is 11.3 Å². The van der Waals surface area contributed by atoms with Crippen LogP contribution in [0.15, 0.2) is 0 Å². The predicted molar refractivity (Wildman–Crippen MR) is 39.3 cm³/mol. The lowest BCUT2D eigenvalue weighted by Crippen LogP contribution is -2.50. The van der Waals surface area contributed by atoms with E-state index in [0.29, 0.717) is 6.42 Å². The van der Waals surface area contributed by atoms with Gasteiger partial charge in [0, 0.05) is 0 Å². The zero-order valence-electron chi connectivity index (χ0n) is 5.89. The molecule has 0 aromatic carbocycles. The van der Waals surface area contributed by atoms with Crippen molar-refractivity contribution >= 4 is 29.5 Å². The number of hydrogen-bond donors (Lipinski definition) is 1. The number of rotatable bonds is 1. The summed E-state index contributed by atoms with van der Waals surface area (Å²) in [5.74, 6) is -2.00. The minimum atomic E-state index is -1.16. The molecule has 2 fully saturated rings. The van der Waals surface area contributed by atoms with Crippen LogP contribution < -0.4 is 0 Å². The maximum Gasteiger partial charge on any atom is 0.326 e. The molecule has 0 aliphatic carbocycles. The summed E-state index contributed by atoms with van der Waals surface area (Å²) >= 11 is 1.04. The van der Waals surface area contributed by atoms with Crippen molar-refractivity contribution < 1.29 is 19.5 Å². The predicted octanol–water partition coefficient (Wildman–Crippen LogP) is -0.729. The first-order chi connectivity index (χ1) is 5.61. The number of carbonyl (C=O) groups excluding carboxylic acids is 2. The van der Waals surface area contributed by atoms with E-state index < -0.39 is 17.1 Å². The van der Waals surface area contributed by atoms with Crippen LogP contribution in [0.5, 0.6) is 0 Å². The molecule has 2 saturated heterocycles. The first kappa shape index (κ1) is 7.60. The summed E-state index contributed by atoms with van der Waals surface area (Å²) in [6, 6.07) is 0. The van der Waals surface area contributed by atoms with Crippen LogP contribution in [0.3, 0.4) is 0 Å². The van der Waals surface area contributed by atoms with Gasteiger partial charge in [-0.2, -0.15) is 0 Å². The molecule has 0 bridgehead atoms. The molecule has 2 rings (SSSR count). The summed E-state index contributed by atoms with van der Waals surface area (Å²) in [6.07, 6.45) is 0.292. The second-order valence-electron chi connectivity index (χ2n) is 2.62. The van der Waals surface area contributed by atoms with E-state index in [0.717, 1.165) is 16.7 Å². The fourth-order valence-corrected chi connectivity index (χ4v) is 2.51. The van der Waals surface area contributed by atoms with Gasteiger partial charge in [-0.15, -0.1) is 11.8 Å². The maximum absolute atomic E-state index is 11.1. The number of thioether (sulfide) groups is 1. The standard InChI is InChI=1S/C6H5NO4S/c8-2-1-3-7(2)5(9)4(12-3)6(10)11/h3-4H,1H2,(H,10,11)/t3-,4?/m1/s1. The molecule has 1 N–H and O–H groups in total. The lowest BCUT2D eigenvalue weighted by Gasteiger charge is -2.30. The molecule has 0 aromatic heterocycles. The number of amides is 2. The Bertz CT molecular complexity index is 289. The quantitative estimate of drug-likeness (QED) is 0.333. The SMILES string of the molecule is O=C(O)C1S[C@@H]2CC(=O)N2C1=O. The van der Waals surface area contributed by atoms with E-state index >= 15 is 0 Å². The van der Waals surface area contributed by atoms with Crippen molar-refractivity contribution in [2.24, 2.45) is 0 Å². The van der Waals surface area contributed by atoms with Gasteiger partial charge in [-0.05, 0) is 0 Å². The zero-order valence-corrected chi connectivity index (χ0v) is 6.71. The average molecular weight is 187 g/mol. The monoisotopic (exact) mass is 187 g/mol. The second kappa shape index (κ2) is 2.22.